The van der Waals surface area contributed by atoms with Crippen molar-refractivity contribution in [1.82, 2.24) is 9.29 Å². The average Bonchev–Trinajstić information content (AvgIpc) is 2.81. The van der Waals surface area contributed by atoms with E-state index in [1.54, 1.807) is 44.0 Å². The first kappa shape index (κ1) is 18.9. The van der Waals surface area contributed by atoms with Crippen molar-refractivity contribution >= 4 is 38.9 Å². The summed E-state index contributed by atoms with van der Waals surface area (Å²) in [6.07, 6.45) is 1.78. The molecule has 2 aromatic rings. The van der Waals surface area contributed by atoms with Crippen LogP contribution in [0.2, 0.25) is 5.02 Å². The Morgan fingerprint density at radius 1 is 1.33 bits per heavy atom. The number of aryl methyl sites for hydroxylation is 1. The van der Waals surface area contributed by atoms with Crippen molar-refractivity contribution in [1.29, 1.82) is 0 Å². The highest BCUT2D eigenvalue weighted by atomic mass is 35.5. The molecule has 1 aromatic carbocycles. The third kappa shape index (κ3) is 4.54. The van der Waals surface area contributed by atoms with Crippen LogP contribution in [0, 0.1) is 0 Å². The molecule has 0 aliphatic carbocycles. The van der Waals surface area contributed by atoms with Crippen molar-refractivity contribution in [2.24, 2.45) is 12.0 Å². The monoisotopic (exact) mass is 387 g/mol. The summed E-state index contributed by atoms with van der Waals surface area (Å²) in [4.78, 5) is 16.7. The Morgan fingerprint density at radius 2 is 2.00 bits per heavy atom. The summed E-state index contributed by atoms with van der Waals surface area (Å²) >= 11 is 7.33. The molecule has 1 aromatic heterocycles. The summed E-state index contributed by atoms with van der Waals surface area (Å²) in [5.74, 6) is -0.531. The van der Waals surface area contributed by atoms with E-state index in [1.807, 2.05) is 0 Å². The van der Waals surface area contributed by atoms with E-state index in [1.165, 1.54) is 29.5 Å². The SMILES string of the molecule is Cn1ccsc1=NC(=O)c1ccc(Cl)c(S(=O)(=O)NC(C)(C)C)c1. The molecule has 24 heavy (non-hydrogen) atoms. The second-order valence-electron chi connectivity index (χ2n) is 6.21. The van der Waals surface area contributed by atoms with Crippen molar-refractivity contribution in [3.8, 4) is 0 Å². The maximum absolute atomic E-state index is 12.5. The Hall–Kier alpha value is -1.48. The number of rotatable bonds is 3. The highest BCUT2D eigenvalue weighted by molar-refractivity contribution is 7.89. The lowest BCUT2D eigenvalue weighted by Crippen LogP contribution is -2.40. The third-order valence-electron chi connectivity index (χ3n) is 2.87. The smallest absolute Gasteiger partial charge is 0.279 e. The zero-order valence-electron chi connectivity index (χ0n) is 13.7. The average molecular weight is 388 g/mol. The molecule has 0 fully saturated rings. The maximum Gasteiger partial charge on any atom is 0.279 e. The summed E-state index contributed by atoms with van der Waals surface area (Å²) in [6, 6.07) is 4.09. The molecule has 0 aliphatic rings. The van der Waals surface area contributed by atoms with Crippen LogP contribution in [0.25, 0.3) is 0 Å². The second kappa shape index (κ2) is 6.79. The van der Waals surface area contributed by atoms with Crippen LogP contribution in [0.5, 0.6) is 0 Å². The van der Waals surface area contributed by atoms with Gasteiger partial charge in [0.1, 0.15) is 4.90 Å². The predicted molar refractivity (Wildman–Crippen MR) is 94.7 cm³/mol. The number of carbonyl (C=O) groups excluding carboxylic acids is 1. The van der Waals surface area contributed by atoms with Gasteiger partial charge < -0.3 is 4.57 Å². The number of nitrogens with zero attached hydrogens (tertiary/aromatic N) is 2. The van der Waals surface area contributed by atoms with Crippen LogP contribution in [0.4, 0.5) is 0 Å². The van der Waals surface area contributed by atoms with Crippen LogP contribution in [0.15, 0.2) is 39.7 Å². The molecule has 0 spiro atoms. The lowest BCUT2D eigenvalue weighted by molar-refractivity contribution is 0.0997. The summed E-state index contributed by atoms with van der Waals surface area (Å²) in [7, 11) is -2.08. The molecule has 2 rings (SSSR count). The molecule has 0 radical (unpaired) electrons. The van der Waals surface area contributed by atoms with Gasteiger partial charge in [0.05, 0.1) is 5.02 Å². The van der Waals surface area contributed by atoms with Gasteiger partial charge in [-0.2, -0.15) is 4.99 Å². The molecule has 0 aliphatic heterocycles. The number of thiazole rings is 1. The number of nitrogens with one attached hydrogen (secondary N) is 1. The van der Waals surface area contributed by atoms with E-state index in [2.05, 4.69) is 9.71 Å². The van der Waals surface area contributed by atoms with Crippen LogP contribution < -0.4 is 9.52 Å². The van der Waals surface area contributed by atoms with Crippen molar-refractivity contribution < 1.29 is 13.2 Å². The highest BCUT2D eigenvalue weighted by Gasteiger charge is 2.25. The molecule has 0 saturated carbocycles. The predicted octanol–water partition coefficient (Wildman–Crippen LogP) is 2.56. The van der Waals surface area contributed by atoms with Crippen molar-refractivity contribution in [3.63, 3.8) is 0 Å². The summed E-state index contributed by atoms with van der Waals surface area (Å²) < 4.78 is 29.2. The molecule has 130 valence electrons. The van der Waals surface area contributed by atoms with Crippen LogP contribution in [0.3, 0.4) is 0 Å². The van der Waals surface area contributed by atoms with E-state index in [0.29, 0.717) is 4.80 Å². The largest absolute Gasteiger partial charge is 0.327 e. The maximum atomic E-state index is 12.5. The lowest BCUT2D eigenvalue weighted by Gasteiger charge is -2.21. The van der Waals surface area contributed by atoms with Gasteiger partial charge in [0.15, 0.2) is 4.80 Å². The molecule has 0 bridgehead atoms. The molecular weight excluding hydrogens is 370 g/mol. The molecule has 0 atom stereocenters. The van der Waals surface area contributed by atoms with Crippen LogP contribution in [-0.2, 0) is 17.1 Å². The minimum atomic E-state index is -3.85. The number of sulfonamides is 1. The first-order valence-corrected chi connectivity index (χ1v) is 9.76. The van der Waals surface area contributed by atoms with Gasteiger partial charge in [0, 0.05) is 29.7 Å². The van der Waals surface area contributed by atoms with Crippen LogP contribution in [0.1, 0.15) is 31.1 Å². The zero-order valence-corrected chi connectivity index (χ0v) is 16.1. The van der Waals surface area contributed by atoms with E-state index in [-0.39, 0.29) is 15.5 Å². The van der Waals surface area contributed by atoms with Gasteiger partial charge in [-0.05, 0) is 39.0 Å². The van der Waals surface area contributed by atoms with E-state index < -0.39 is 21.5 Å². The Balaban J connectivity index is 2.46. The second-order valence-corrected chi connectivity index (χ2v) is 9.15. The summed E-state index contributed by atoms with van der Waals surface area (Å²) in [5, 5.41) is 1.85. The number of amides is 1. The molecule has 1 amide bonds. The standard InChI is InChI=1S/C15H18ClN3O3S2/c1-15(2,3)18-24(21,22)12-9-10(5-6-11(12)16)13(20)17-14-19(4)7-8-23-14/h5-9,18H,1-4H3. The quantitative estimate of drug-likeness (QED) is 0.878. The Kier molecular flexibility index (Phi) is 5.34. The summed E-state index contributed by atoms with van der Waals surface area (Å²) in [6.45, 7) is 5.17. The number of benzene rings is 1. The minimum Gasteiger partial charge on any atom is -0.327 e. The number of aromatic nitrogens is 1. The molecule has 0 unspecified atom stereocenters. The molecule has 0 saturated heterocycles. The number of hydrogen-bond donors (Lipinski definition) is 1. The first-order valence-electron chi connectivity index (χ1n) is 7.02. The van der Waals surface area contributed by atoms with E-state index >= 15 is 0 Å². The third-order valence-corrected chi connectivity index (χ3v) is 5.95. The Labute approximate surface area is 149 Å². The number of hydrogen-bond acceptors (Lipinski definition) is 4. The van der Waals surface area contributed by atoms with E-state index in [4.69, 9.17) is 11.6 Å². The summed E-state index contributed by atoms with van der Waals surface area (Å²) in [5.41, 5.74) is -0.515. The molecule has 9 heteroatoms. The van der Waals surface area contributed by atoms with Crippen molar-refractivity contribution in [2.45, 2.75) is 31.2 Å². The number of halogens is 1. The molecule has 1 heterocycles. The van der Waals surface area contributed by atoms with Crippen LogP contribution >= 0.6 is 22.9 Å². The Bertz CT molecular complexity index is 937. The van der Waals surface area contributed by atoms with E-state index in [9.17, 15) is 13.2 Å². The van der Waals surface area contributed by atoms with Gasteiger partial charge in [0.25, 0.3) is 5.91 Å². The normalized spacial score (nSPS) is 13.3. The van der Waals surface area contributed by atoms with E-state index in [0.717, 1.165) is 0 Å². The fraction of sp³-hybridized carbons (Fsp3) is 0.333. The van der Waals surface area contributed by atoms with Gasteiger partial charge >= 0.3 is 0 Å². The lowest BCUT2D eigenvalue weighted by atomic mass is 10.1. The van der Waals surface area contributed by atoms with Crippen molar-refractivity contribution in [3.05, 3.63) is 45.2 Å². The van der Waals surface area contributed by atoms with Gasteiger partial charge in [-0.15, -0.1) is 11.3 Å². The fourth-order valence-electron chi connectivity index (χ4n) is 1.89. The fourth-order valence-corrected chi connectivity index (χ4v) is 4.56. The van der Waals surface area contributed by atoms with Gasteiger partial charge in [-0.25, -0.2) is 13.1 Å². The minimum absolute atomic E-state index is 0.0463. The highest BCUT2D eigenvalue weighted by Crippen LogP contribution is 2.24. The molecular formula is C15H18ClN3O3S2. The van der Waals surface area contributed by atoms with Crippen molar-refractivity contribution in [2.75, 3.05) is 0 Å². The molecule has 1 N–H and O–H groups in total. The first-order chi connectivity index (χ1) is 11.0. The van der Waals surface area contributed by atoms with Gasteiger partial charge in [-0.1, -0.05) is 11.6 Å². The van der Waals surface area contributed by atoms with Gasteiger partial charge in [-0.3, -0.25) is 4.79 Å². The Morgan fingerprint density at radius 3 is 2.54 bits per heavy atom. The number of carbonyl (C=O) groups is 1. The van der Waals surface area contributed by atoms with Crippen LogP contribution in [-0.4, -0.2) is 24.4 Å². The topological polar surface area (TPSA) is 80.5 Å². The van der Waals surface area contributed by atoms with Gasteiger partial charge in [0.2, 0.25) is 10.0 Å². The molecule has 6 nitrogen and oxygen atoms in total. The zero-order chi connectivity index (χ0) is 18.1.